The van der Waals surface area contributed by atoms with Crippen molar-refractivity contribution in [1.29, 1.82) is 0 Å². The van der Waals surface area contributed by atoms with Crippen LogP contribution in [0.4, 0.5) is 17.6 Å². The van der Waals surface area contributed by atoms with Crippen LogP contribution in [0.3, 0.4) is 0 Å². The molecular formula is C28H30F4N2O3S. The number of aromatic nitrogens is 1. The maximum absolute atomic E-state index is 15.7. The molecule has 1 aromatic heterocycles. The Kier molecular flexibility index (Phi) is 8.82. The third-order valence-corrected chi connectivity index (χ3v) is 8.45. The second kappa shape index (κ2) is 11.9. The summed E-state index contributed by atoms with van der Waals surface area (Å²) < 4.78 is 61.8. The summed E-state index contributed by atoms with van der Waals surface area (Å²) in [4.78, 5) is 18.5. The van der Waals surface area contributed by atoms with Crippen LogP contribution in [0.2, 0.25) is 0 Å². The van der Waals surface area contributed by atoms with Crippen molar-refractivity contribution in [2.75, 3.05) is 32.5 Å². The monoisotopic (exact) mass is 550 g/mol. The van der Waals surface area contributed by atoms with Crippen LogP contribution in [0.15, 0.2) is 41.4 Å². The summed E-state index contributed by atoms with van der Waals surface area (Å²) in [5.41, 5.74) is 0.805. The van der Waals surface area contributed by atoms with E-state index in [9.17, 15) is 23.1 Å². The normalized spacial score (nSPS) is 16.5. The Hall–Kier alpha value is -2.85. The Morgan fingerprint density at radius 1 is 1.18 bits per heavy atom. The van der Waals surface area contributed by atoms with E-state index in [-0.39, 0.29) is 17.7 Å². The molecule has 0 amide bonds. The lowest BCUT2D eigenvalue weighted by molar-refractivity contribution is -0.153. The van der Waals surface area contributed by atoms with Gasteiger partial charge in [0.2, 0.25) is 0 Å². The van der Waals surface area contributed by atoms with Crippen molar-refractivity contribution in [1.82, 2.24) is 9.88 Å². The molecule has 38 heavy (non-hydrogen) atoms. The molecule has 4 rings (SSSR count). The lowest BCUT2D eigenvalue weighted by Gasteiger charge is -2.39. The number of carboxylic acid groups (broad SMARTS) is 1. The number of aliphatic carboxylic acids is 1. The van der Waals surface area contributed by atoms with E-state index in [4.69, 9.17) is 4.74 Å². The van der Waals surface area contributed by atoms with E-state index in [1.807, 2.05) is 4.90 Å². The smallest absolute Gasteiger partial charge is 0.309 e. The van der Waals surface area contributed by atoms with Crippen molar-refractivity contribution < 1.29 is 32.2 Å². The second-order valence-electron chi connectivity index (χ2n) is 9.72. The van der Waals surface area contributed by atoms with Crippen LogP contribution in [-0.4, -0.2) is 53.5 Å². The number of carboxylic acids is 1. The zero-order valence-electron chi connectivity index (χ0n) is 21.3. The Morgan fingerprint density at radius 2 is 1.87 bits per heavy atom. The van der Waals surface area contributed by atoms with Crippen LogP contribution in [0.5, 0.6) is 5.75 Å². The summed E-state index contributed by atoms with van der Waals surface area (Å²) in [6, 6.07) is 6.59. The lowest BCUT2D eigenvalue weighted by atomic mass is 9.74. The van der Waals surface area contributed by atoms with Gasteiger partial charge in [-0.25, -0.2) is 17.6 Å². The van der Waals surface area contributed by atoms with Gasteiger partial charge in [0.25, 0.3) is 0 Å². The number of aryl methyl sites for hydroxylation is 1. The maximum Gasteiger partial charge on any atom is 0.309 e. The van der Waals surface area contributed by atoms with Crippen LogP contribution in [-0.2, 0) is 4.79 Å². The van der Waals surface area contributed by atoms with Crippen LogP contribution in [0.1, 0.15) is 43.0 Å². The molecule has 2 aromatic carbocycles. The molecule has 1 N–H and O–H groups in total. The molecule has 1 saturated heterocycles. The first-order valence-electron chi connectivity index (χ1n) is 12.4. The second-order valence-corrected chi connectivity index (χ2v) is 10.8. The highest BCUT2D eigenvalue weighted by atomic mass is 32.2. The van der Waals surface area contributed by atoms with E-state index in [1.54, 1.807) is 31.3 Å². The first-order valence-corrected chi connectivity index (χ1v) is 13.4. The van der Waals surface area contributed by atoms with E-state index < -0.39 is 35.0 Å². The van der Waals surface area contributed by atoms with Crippen molar-refractivity contribution in [2.24, 2.45) is 5.41 Å². The van der Waals surface area contributed by atoms with Gasteiger partial charge in [-0.15, -0.1) is 11.8 Å². The van der Waals surface area contributed by atoms with Gasteiger partial charge in [-0.3, -0.25) is 9.78 Å². The molecule has 0 saturated carbocycles. The van der Waals surface area contributed by atoms with Crippen molar-refractivity contribution in [3.05, 3.63) is 65.1 Å². The molecule has 0 aliphatic carbocycles. The van der Waals surface area contributed by atoms with E-state index in [1.165, 1.54) is 7.11 Å². The summed E-state index contributed by atoms with van der Waals surface area (Å²) in [6.45, 7) is 3.24. The van der Waals surface area contributed by atoms with E-state index >= 15 is 4.39 Å². The van der Waals surface area contributed by atoms with E-state index in [2.05, 4.69) is 4.98 Å². The fourth-order valence-electron chi connectivity index (χ4n) is 5.10. The number of carbonyl (C=O) groups is 1. The number of pyridine rings is 1. The third-order valence-electron chi connectivity index (χ3n) is 7.39. The SMILES string of the molecule is COc1ccc2ncc(C)c(C(F)CCC3(C(=O)O)CCN(CCSc4c(F)cc(F)cc4F)CC3)c2c1. The summed E-state index contributed by atoms with van der Waals surface area (Å²) in [6.07, 6.45) is 1.21. The van der Waals surface area contributed by atoms with Gasteiger partial charge in [0, 0.05) is 36.0 Å². The molecule has 0 bridgehead atoms. The van der Waals surface area contributed by atoms with Gasteiger partial charge >= 0.3 is 5.97 Å². The number of halogens is 4. The van der Waals surface area contributed by atoms with Crippen molar-refractivity contribution in [3.63, 3.8) is 0 Å². The summed E-state index contributed by atoms with van der Waals surface area (Å²) in [5, 5.41) is 10.7. The average Bonchev–Trinajstić information content (AvgIpc) is 2.89. The first kappa shape index (κ1) is 28.2. The molecule has 3 aromatic rings. The molecule has 1 fully saturated rings. The number of hydrogen-bond acceptors (Lipinski definition) is 5. The van der Waals surface area contributed by atoms with Gasteiger partial charge in [-0.2, -0.15) is 0 Å². The molecule has 0 spiro atoms. The van der Waals surface area contributed by atoms with Gasteiger partial charge in [0.15, 0.2) is 0 Å². The number of rotatable bonds is 10. The first-order chi connectivity index (χ1) is 18.1. The topological polar surface area (TPSA) is 62.7 Å². The average molecular weight is 551 g/mol. The summed E-state index contributed by atoms with van der Waals surface area (Å²) in [5.74, 6) is -2.82. The lowest BCUT2D eigenvalue weighted by Crippen LogP contribution is -2.45. The molecule has 204 valence electrons. The number of ether oxygens (including phenoxy) is 1. The predicted octanol–water partition coefficient (Wildman–Crippen LogP) is 6.72. The Morgan fingerprint density at radius 3 is 2.50 bits per heavy atom. The van der Waals surface area contributed by atoms with Crippen LogP contribution in [0.25, 0.3) is 10.9 Å². The maximum atomic E-state index is 15.7. The molecule has 1 unspecified atom stereocenters. The molecule has 1 aliphatic heterocycles. The molecule has 2 heterocycles. The zero-order chi connectivity index (χ0) is 27.4. The van der Waals surface area contributed by atoms with Crippen LogP contribution >= 0.6 is 11.8 Å². The van der Waals surface area contributed by atoms with Crippen LogP contribution in [0, 0.1) is 29.8 Å². The van der Waals surface area contributed by atoms with Gasteiger partial charge in [-0.05, 0) is 75.0 Å². The molecule has 1 aliphatic rings. The fourth-order valence-corrected chi connectivity index (χ4v) is 6.05. The summed E-state index contributed by atoms with van der Waals surface area (Å²) >= 11 is 0.960. The van der Waals surface area contributed by atoms with Gasteiger partial charge < -0.3 is 14.7 Å². The Balaban J connectivity index is 1.37. The molecule has 1 atom stereocenters. The molecular weight excluding hydrogens is 520 g/mol. The van der Waals surface area contributed by atoms with Crippen LogP contribution < -0.4 is 4.74 Å². The van der Waals surface area contributed by atoms with Crippen molar-refractivity contribution in [3.8, 4) is 5.75 Å². The van der Waals surface area contributed by atoms with E-state index in [0.29, 0.717) is 78.1 Å². The number of likely N-dealkylation sites (tertiary alicyclic amines) is 1. The minimum atomic E-state index is -1.36. The molecule has 5 nitrogen and oxygen atoms in total. The minimum absolute atomic E-state index is 0.0580. The van der Waals surface area contributed by atoms with Crippen molar-refractivity contribution in [2.45, 2.75) is 43.7 Å². The number of nitrogens with zero attached hydrogens (tertiary/aromatic N) is 2. The predicted molar refractivity (Wildman–Crippen MR) is 139 cm³/mol. The van der Waals surface area contributed by atoms with E-state index in [0.717, 1.165) is 11.8 Å². The highest BCUT2D eigenvalue weighted by Gasteiger charge is 2.41. The zero-order valence-corrected chi connectivity index (χ0v) is 22.1. The Bertz CT molecular complexity index is 1290. The number of methoxy groups -OCH3 is 1. The minimum Gasteiger partial charge on any atom is -0.497 e. The molecule has 10 heteroatoms. The molecule has 0 radical (unpaired) electrons. The number of thioether (sulfide) groups is 1. The number of fused-ring (bicyclic) bond motifs is 1. The standard InChI is InChI=1S/C28H30F4N2O3S/c1-17-16-33-24-4-3-19(37-2)15-20(24)25(17)21(30)5-6-28(27(35)36)7-9-34(10-8-28)11-12-38-26-22(31)13-18(29)14-23(26)32/h3-4,13-16,21H,5-12H2,1-2H3,(H,35,36). The van der Waals surface area contributed by atoms with Gasteiger partial charge in [-0.1, -0.05) is 0 Å². The quantitative estimate of drug-likeness (QED) is 0.223. The Labute approximate surface area is 223 Å². The third kappa shape index (κ3) is 6.07. The van der Waals surface area contributed by atoms with Crippen molar-refractivity contribution >= 4 is 28.6 Å². The fraction of sp³-hybridized carbons (Fsp3) is 0.429. The number of alkyl halides is 1. The largest absolute Gasteiger partial charge is 0.497 e. The number of piperidine rings is 1. The number of benzene rings is 2. The highest BCUT2D eigenvalue weighted by Crippen LogP contribution is 2.41. The highest BCUT2D eigenvalue weighted by molar-refractivity contribution is 7.99. The van der Waals surface area contributed by atoms with Gasteiger partial charge in [0.1, 0.15) is 29.4 Å². The number of hydrogen-bond donors (Lipinski definition) is 1. The summed E-state index contributed by atoms with van der Waals surface area (Å²) in [7, 11) is 1.54. The van der Waals surface area contributed by atoms with Gasteiger partial charge in [0.05, 0.1) is 22.9 Å².